The maximum absolute atomic E-state index is 11.6. The number of Topliss-reactive ketones (excluding diaryl/α,β-unsaturated/α-hetero) is 1. The molecule has 0 radical (unpaired) electrons. The minimum Gasteiger partial charge on any atom is -0.297 e. The molecular formula is C8H9Cl2N3O. The van der Waals surface area contributed by atoms with Crippen molar-refractivity contribution in [1.82, 2.24) is 14.8 Å². The summed E-state index contributed by atoms with van der Waals surface area (Å²) in [4.78, 5) is 15.3. The molecule has 1 fully saturated rings. The van der Waals surface area contributed by atoms with Crippen molar-refractivity contribution in [2.75, 3.05) is 0 Å². The SMILES string of the molecule is O=C1CCCC[C@H]1n1nc(Cl)nc1Cl. The molecule has 76 valence electrons. The predicted molar refractivity (Wildman–Crippen MR) is 52.6 cm³/mol. The minimum absolute atomic E-state index is 0.0911. The number of carbonyl (C=O) groups excluding carboxylic acids is 1. The topological polar surface area (TPSA) is 47.8 Å². The van der Waals surface area contributed by atoms with Gasteiger partial charge in [0.05, 0.1) is 0 Å². The van der Waals surface area contributed by atoms with Crippen LogP contribution in [0.3, 0.4) is 0 Å². The molecule has 1 aliphatic carbocycles. The van der Waals surface area contributed by atoms with Gasteiger partial charge in [-0.1, -0.05) is 6.42 Å². The summed E-state index contributed by atoms with van der Waals surface area (Å²) in [6.45, 7) is 0. The Balaban J connectivity index is 2.28. The van der Waals surface area contributed by atoms with Crippen molar-refractivity contribution < 1.29 is 4.79 Å². The fraction of sp³-hybridized carbons (Fsp3) is 0.625. The van der Waals surface area contributed by atoms with Gasteiger partial charge in [0.2, 0.25) is 10.6 Å². The molecule has 0 amide bonds. The third-order valence-electron chi connectivity index (χ3n) is 2.38. The molecule has 1 saturated carbocycles. The van der Waals surface area contributed by atoms with Crippen LogP contribution in [0.2, 0.25) is 10.6 Å². The third-order valence-corrected chi connectivity index (χ3v) is 2.80. The first-order chi connectivity index (χ1) is 6.68. The van der Waals surface area contributed by atoms with E-state index in [4.69, 9.17) is 23.2 Å². The van der Waals surface area contributed by atoms with Gasteiger partial charge in [-0.15, -0.1) is 5.10 Å². The van der Waals surface area contributed by atoms with Gasteiger partial charge in [-0.25, -0.2) is 4.68 Å². The fourth-order valence-corrected chi connectivity index (χ4v) is 2.14. The van der Waals surface area contributed by atoms with Gasteiger partial charge in [0.1, 0.15) is 6.04 Å². The Morgan fingerprint density at radius 3 is 2.71 bits per heavy atom. The maximum Gasteiger partial charge on any atom is 0.243 e. The monoisotopic (exact) mass is 233 g/mol. The first kappa shape index (κ1) is 9.93. The highest BCUT2D eigenvalue weighted by molar-refractivity contribution is 6.31. The van der Waals surface area contributed by atoms with Crippen LogP contribution in [0, 0.1) is 0 Å². The molecule has 0 N–H and O–H groups in total. The summed E-state index contributed by atoms with van der Waals surface area (Å²) >= 11 is 11.4. The van der Waals surface area contributed by atoms with Gasteiger partial charge in [-0.05, 0) is 36.0 Å². The third kappa shape index (κ3) is 1.77. The van der Waals surface area contributed by atoms with Crippen LogP contribution < -0.4 is 0 Å². The van der Waals surface area contributed by atoms with E-state index >= 15 is 0 Å². The average Bonchev–Trinajstić information content (AvgIpc) is 2.46. The van der Waals surface area contributed by atoms with E-state index in [0.717, 1.165) is 19.3 Å². The second kappa shape index (κ2) is 3.87. The van der Waals surface area contributed by atoms with E-state index < -0.39 is 0 Å². The van der Waals surface area contributed by atoms with Gasteiger partial charge in [0, 0.05) is 6.42 Å². The summed E-state index contributed by atoms with van der Waals surface area (Å²) in [5.74, 6) is 0.166. The van der Waals surface area contributed by atoms with Crippen LogP contribution in [0.4, 0.5) is 0 Å². The molecular weight excluding hydrogens is 225 g/mol. The van der Waals surface area contributed by atoms with Crippen LogP contribution in [0.5, 0.6) is 0 Å². The molecule has 0 saturated heterocycles. The number of ketones is 1. The summed E-state index contributed by atoms with van der Waals surface area (Å²) in [5, 5.41) is 4.18. The second-order valence-corrected chi connectivity index (χ2v) is 4.00. The Bertz CT molecular complexity index is 363. The highest BCUT2D eigenvalue weighted by Crippen LogP contribution is 2.27. The van der Waals surface area contributed by atoms with Crippen LogP contribution >= 0.6 is 23.2 Å². The molecule has 1 aliphatic rings. The lowest BCUT2D eigenvalue weighted by Crippen LogP contribution is -2.24. The number of halogens is 2. The second-order valence-electron chi connectivity index (χ2n) is 3.32. The lowest BCUT2D eigenvalue weighted by molar-refractivity contribution is -0.124. The Labute approximate surface area is 91.2 Å². The van der Waals surface area contributed by atoms with E-state index in [0.29, 0.717) is 6.42 Å². The van der Waals surface area contributed by atoms with Gasteiger partial charge < -0.3 is 0 Å². The Hall–Kier alpha value is -0.610. The van der Waals surface area contributed by atoms with E-state index in [2.05, 4.69) is 10.1 Å². The zero-order chi connectivity index (χ0) is 10.1. The summed E-state index contributed by atoms with van der Waals surface area (Å²) in [5.41, 5.74) is 0. The van der Waals surface area contributed by atoms with Gasteiger partial charge in [0.15, 0.2) is 5.78 Å². The standard InChI is InChI=1S/C8H9Cl2N3O/c9-7-11-8(10)13(12-7)5-3-1-2-4-6(5)14/h5H,1-4H2/t5-/m1/s1. The normalized spacial score (nSPS) is 22.7. The zero-order valence-corrected chi connectivity index (χ0v) is 8.92. The van der Waals surface area contributed by atoms with Gasteiger partial charge in [-0.3, -0.25) is 4.79 Å². The molecule has 14 heavy (non-hydrogen) atoms. The molecule has 0 aliphatic heterocycles. The number of hydrogen-bond donors (Lipinski definition) is 0. The van der Waals surface area contributed by atoms with E-state index in [1.807, 2.05) is 0 Å². The molecule has 0 spiro atoms. The molecule has 0 bridgehead atoms. The van der Waals surface area contributed by atoms with Gasteiger partial charge >= 0.3 is 0 Å². The van der Waals surface area contributed by atoms with E-state index in [1.165, 1.54) is 4.68 Å². The molecule has 1 aromatic heterocycles. The van der Waals surface area contributed by atoms with Crippen LogP contribution in [-0.4, -0.2) is 20.5 Å². The summed E-state index contributed by atoms with van der Waals surface area (Å²) in [6.07, 6.45) is 3.34. The van der Waals surface area contributed by atoms with E-state index in [-0.39, 0.29) is 22.4 Å². The smallest absolute Gasteiger partial charge is 0.243 e. The molecule has 1 heterocycles. The highest BCUT2D eigenvalue weighted by atomic mass is 35.5. The minimum atomic E-state index is -0.267. The van der Waals surface area contributed by atoms with Crippen LogP contribution in [-0.2, 0) is 4.79 Å². The van der Waals surface area contributed by atoms with Crippen LogP contribution in [0.15, 0.2) is 0 Å². The van der Waals surface area contributed by atoms with Gasteiger partial charge in [-0.2, -0.15) is 4.98 Å². The van der Waals surface area contributed by atoms with Crippen molar-refractivity contribution in [1.29, 1.82) is 0 Å². The largest absolute Gasteiger partial charge is 0.297 e. The summed E-state index contributed by atoms with van der Waals surface area (Å²) in [7, 11) is 0. The molecule has 0 aromatic carbocycles. The molecule has 2 rings (SSSR count). The first-order valence-electron chi connectivity index (χ1n) is 4.49. The number of rotatable bonds is 1. The number of aromatic nitrogens is 3. The van der Waals surface area contributed by atoms with Crippen molar-refractivity contribution >= 4 is 29.0 Å². The Kier molecular flexibility index (Phi) is 2.74. The van der Waals surface area contributed by atoms with Crippen molar-refractivity contribution in [3.63, 3.8) is 0 Å². The van der Waals surface area contributed by atoms with Crippen molar-refractivity contribution in [3.05, 3.63) is 10.6 Å². The first-order valence-corrected chi connectivity index (χ1v) is 5.24. The van der Waals surface area contributed by atoms with E-state index in [9.17, 15) is 4.79 Å². The zero-order valence-electron chi connectivity index (χ0n) is 7.41. The molecule has 6 heteroatoms. The quantitative estimate of drug-likeness (QED) is 0.748. The summed E-state index contributed by atoms with van der Waals surface area (Å²) in [6, 6.07) is -0.267. The average molecular weight is 234 g/mol. The fourth-order valence-electron chi connectivity index (χ4n) is 1.70. The van der Waals surface area contributed by atoms with Gasteiger partial charge in [0.25, 0.3) is 0 Å². The van der Waals surface area contributed by atoms with Crippen LogP contribution in [0.25, 0.3) is 0 Å². The highest BCUT2D eigenvalue weighted by Gasteiger charge is 2.26. The van der Waals surface area contributed by atoms with Crippen LogP contribution in [0.1, 0.15) is 31.7 Å². The summed E-state index contributed by atoms with van der Waals surface area (Å²) < 4.78 is 1.42. The Morgan fingerprint density at radius 1 is 1.36 bits per heavy atom. The number of nitrogens with zero attached hydrogens (tertiary/aromatic N) is 3. The maximum atomic E-state index is 11.6. The lowest BCUT2D eigenvalue weighted by Gasteiger charge is -2.20. The lowest BCUT2D eigenvalue weighted by atomic mass is 9.94. The Morgan fingerprint density at radius 2 is 2.14 bits per heavy atom. The molecule has 1 atom stereocenters. The van der Waals surface area contributed by atoms with Crippen molar-refractivity contribution in [2.24, 2.45) is 0 Å². The van der Waals surface area contributed by atoms with Crippen molar-refractivity contribution in [3.8, 4) is 0 Å². The molecule has 4 nitrogen and oxygen atoms in total. The predicted octanol–water partition coefficient (Wildman–Crippen LogP) is 2.27. The van der Waals surface area contributed by atoms with E-state index in [1.54, 1.807) is 0 Å². The number of hydrogen-bond acceptors (Lipinski definition) is 3. The van der Waals surface area contributed by atoms with Crippen molar-refractivity contribution in [2.45, 2.75) is 31.7 Å². The number of carbonyl (C=O) groups is 1. The molecule has 0 unspecified atom stereocenters. The molecule has 1 aromatic rings.